The highest BCUT2D eigenvalue weighted by Crippen LogP contribution is 2.45. The van der Waals surface area contributed by atoms with E-state index in [9.17, 15) is 22.0 Å². The van der Waals surface area contributed by atoms with Gasteiger partial charge in [0.05, 0.1) is 0 Å². The quantitative estimate of drug-likeness (QED) is 0.369. The van der Waals surface area contributed by atoms with Crippen molar-refractivity contribution in [1.29, 1.82) is 0 Å². The number of halogens is 7. The van der Waals surface area contributed by atoms with Crippen LogP contribution in [0.5, 0.6) is 0 Å². The Bertz CT molecular complexity index is 117. The summed E-state index contributed by atoms with van der Waals surface area (Å²) in [7, 11) is 0. The zero-order chi connectivity index (χ0) is 8.58. The first-order valence-corrected chi connectivity index (χ1v) is 4.24. The van der Waals surface area contributed by atoms with Crippen molar-refractivity contribution in [3.63, 3.8) is 0 Å². The van der Waals surface area contributed by atoms with E-state index in [0.29, 0.717) is 22.6 Å². The first-order valence-electron chi connectivity index (χ1n) is 1.92. The van der Waals surface area contributed by atoms with E-state index in [-0.39, 0.29) is 0 Å². The summed E-state index contributed by atoms with van der Waals surface area (Å²) in [5, 5.41) is 0. The van der Waals surface area contributed by atoms with Crippen LogP contribution in [0.2, 0.25) is 0 Å². The van der Waals surface area contributed by atoms with Crippen LogP contribution in [0.25, 0.3) is 0 Å². The van der Waals surface area contributed by atoms with E-state index in [0.717, 1.165) is 22.6 Å². The van der Waals surface area contributed by atoms with Gasteiger partial charge in [0.2, 0.25) is 4.18 Å². The maximum absolute atomic E-state index is 12.2. The van der Waals surface area contributed by atoms with Gasteiger partial charge in [-0.05, 0) is 45.2 Å². The van der Waals surface area contributed by atoms with Crippen LogP contribution in [-0.4, -0.2) is 14.0 Å². The van der Waals surface area contributed by atoms with Crippen LogP contribution < -0.4 is 0 Å². The molecular weight excluding hydrogens is 385 g/mol. The topological polar surface area (TPSA) is 0 Å². The Labute approximate surface area is 80.8 Å². The molecule has 0 saturated carbocycles. The second-order valence-electron chi connectivity index (χ2n) is 1.42. The third-order valence-corrected chi connectivity index (χ3v) is 3.86. The number of hydrogen-bond donors (Lipinski definition) is 0. The van der Waals surface area contributed by atoms with E-state index in [1.807, 2.05) is 0 Å². The van der Waals surface area contributed by atoms with E-state index in [2.05, 4.69) is 0 Å². The van der Waals surface area contributed by atoms with Crippen molar-refractivity contribution < 1.29 is 22.0 Å². The van der Waals surface area contributed by atoms with Crippen molar-refractivity contribution in [1.82, 2.24) is 0 Å². The third kappa shape index (κ3) is 2.31. The van der Waals surface area contributed by atoms with Crippen molar-refractivity contribution in [2.75, 3.05) is 0 Å². The highest BCUT2D eigenvalue weighted by atomic mass is 127. The lowest BCUT2D eigenvalue weighted by Gasteiger charge is -2.21. The Hall–Kier alpha value is 1.11. The van der Waals surface area contributed by atoms with Gasteiger partial charge in [0.1, 0.15) is 0 Å². The molecule has 0 aliphatic rings. The molecular formula is C3HF5I2. The van der Waals surface area contributed by atoms with Crippen LogP contribution in [0.3, 0.4) is 0 Å². The first-order chi connectivity index (χ1) is 4.19. The van der Waals surface area contributed by atoms with Crippen molar-refractivity contribution >= 4 is 45.2 Å². The Morgan fingerprint density at radius 1 is 1.10 bits per heavy atom. The molecule has 0 rings (SSSR count). The summed E-state index contributed by atoms with van der Waals surface area (Å²) in [6.07, 6.45) is -5.14. The van der Waals surface area contributed by atoms with Gasteiger partial charge in [-0.2, -0.15) is 13.2 Å². The highest BCUT2D eigenvalue weighted by Gasteiger charge is 2.59. The zero-order valence-corrected chi connectivity index (χ0v) is 8.54. The van der Waals surface area contributed by atoms with Gasteiger partial charge in [-0.3, -0.25) is 0 Å². The first kappa shape index (κ1) is 11.1. The number of rotatable bonds is 1. The average Bonchev–Trinajstić information content (AvgIpc) is 1.62. The van der Waals surface area contributed by atoms with Gasteiger partial charge in [0.25, 0.3) is 3.68 Å². The zero-order valence-electron chi connectivity index (χ0n) is 4.22. The lowest BCUT2D eigenvalue weighted by Crippen LogP contribution is -2.40. The lowest BCUT2D eigenvalue weighted by atomic mass is 10.4. The molecule has 0 amide bonds. The monoisotopic (exact) mass is 386 g/mol. The van der Waals surface area contributed by atoms with Crippen LogP contribution in [0.1, 0.15) is 0 Å². The summed E-state index contributed by atoms with van der Waals surface area (Å²) in [5.41, 5.74) is 0. The summed E-state index contributed by atoms with van der Waals surface area (Å²) >= 11 is 1.14. The van der Waals surface area contributed by atoms with E-state index < -0.39 is 14.0 Å². The van der Waals surface area contributed by atoms with E-state index in [1.165, 1.54) is 0 Å². The fourth-order valence-electron chi connectivity index (χ4n) is 0.124. The van der Waals surface area contributed by atoms with Crippen LogP contribution in [0.4, 0.5) is 22.0 Å². The van der Waals surface area contributed by atoms with Gasteiger partial charge < -0.3 is 0 Å². The smallest absolute Gasteiger partial charge is 0.231 e. The van der Waals surface area contributed by atoms with Crippen LogP contribution in [0, 0.1) is 0 Å². The number of hydrogen-bond acceptors (Lipinski definition) is 0. The number of alkyl halides is 7. The van der Waals surface area contributed by atoms with Gasteiger partial charge in [-0.25, -0.2) is 8.78 Å². The molecule has 0 aromatic heterocycles. The molecule has 62 valence electrons. The van der Waals surface area contributed by atoms with Crippen molar-refractivity contribution in [3.05, 3.63) is 0 Å². The van der Waals surface area contributed by atoms with Crippen molar-refractivity contribution in [2.24, 2.45) is 0 Å². The van der Waals surface area contributed by atoms with Gasteiger partial charge in [-0.1, -0.05) is 0 Å². The lowest BCUT2D eigenvalue weighted by molar-refractivity contribution is -0.193. The second kappa shape index (κ2) is 3.23. The normalized spacial score (nSPS) is 21.9. The SMILES string of the molecule is FC(I)C(F)(I)C(F)(F)F. The largest absolute Gasteiger partial charge is 0.435 e. The Kier molecular flexibility index (Phi) is 3.59. The summed E-state index contributed by atoms with van der Waals surface area (Å²) in [4.78, 5) is 0. The molecule has 0 heterocycles. The fraction of sp³-hybridized carbons (Fsp3) is 1.00. The standard InChI is InChI=1S/C3HF5I2/c4-1(9)2(5,10)3(6,7)8/h1H. The summed E-state index contributed by atoms with van der Waals surface area (Å²) < 4.78 is 52.1. The van der Waals surface area contributed by atoms with Crippen LogP contribution in [-0.2, 0) is 0 Å². The molecule has 2 unspecified atom stereocenters. The predicted octanol–water partition coefficient (Wildman–Crippen LogP) is 3.38. The fourth-order valence-corrected chi connectivity index (χ4v) is 0.477. The maximum atomic E-state index is 12.2. The van der Waals surface area contributed by atoms with Crippen molar-refractivity contribution in [3.8, 4) is 0 Å². The van der Waals surface area contributed by atoms with E-state index in [1.54, 1.807) is 0 Å². The summed E-state index contributed by atoms with van der Waals surface area (Å²) in [5.74, 6) is 0. The Morgan fingerprint density at radius 3 is 1.40 bits per heavy atom. The second-order valence-corrected chi connectivity index (χ2v) is 4.08. The van der Waals surface area contributed by atoms with Gasteiger partial charge in [0.15, 0.2) is 0 Å². The summed E-state index contributed by atoms with van der Waals surface area (Å²) in [6, 6.07) is 0. The Balaban J connectivity index is 4.40. The molecule has 0 saturated heterocycles. The minimum Gasteiger partial charge on any atom is -0.231 e. The van der Waals surface area contributed by atoms with Gasteiger partial charge in [0, 0.05) is 0 Å². The molecule has 0 aromatic carbocycles. The molecule has 0 aromatic rings. The molecule has 2 atom stereocenters. The van der Waals surface area contributed by atoms with Crippen LogP contribution in [0.15, 0.2) is 0 Å². The minimum absolute atomic E-state index is 0.398. The average molecular weight is 386 g/mol. The molecule has 0 N–H and O–H groups in total. The van der Waals surface area contributed by atoms with E-state index in [4.69, 9.17) is 0 Å². The highest BCUT2D eigenvalue weighted by molar-refractivity contribution is 14.1. The molecule has 0 radical (unpaired) electrons. The molecule has 0 nitrogen and oxygen atoms in total. The Morgan fingerprint density at radius 2 is 1.40 bits per heavy atom. The van der Waals surface area contributed by atoms with Crippen LogP contribution >= 0.6 is 45.2 Å². The van der Waals surface area contributed by atoms with Crippen molar-refractivity contribution in [2.45, 2.75) is 14.0 Å². The molecule has 0 spiro atoms. The van der Waals surface area contributed by atoms with Gasteiger partial charge in [-0.15, -0.1) is 0 Å². The molecule has 7 heteroatoms. The van der Waals surface area contributed by atoms with E-state index >= 15 is 0 Å². The van der Waals surface area contributed by atoms with Gasteiger partial charge >= 0.3 is 6.18 Å². The molecule has 0 bridgehead atoms. The summed E-state index contributed by atoms with van der Waals surface area (Å²) in [6.45, 7) is 0. The third-order valence-electron chi connectivity index (χ3n) is 0.652. The molecule has 0 fully saturated rings. The molecule has 0 aliphatic carbocycles. The minimum atomic E-state index is -5.14. The maximum Gasteiger partial charge on any atom is 0.435 e. The predicted molar refractivity (Wildman–Crippen MR) is 42.8 cm³/mol. The molecule has 10 heavy (non-hydrogen) atoms. The molecule has 0 aliphatic heterocycles.